The number of carbonyl (C=O) groups is 5. The van der Waals surface area contributed by atoms with Crippen molar-refractivity contribution in [3.8, 4) is 0 Å². The minimum absolute atomic E-state index is 0.123. The van der Waals surface area contributed by atoms with Crippen LogP contribution in [0.1, 0.15) is 55.5 Å². The van der Waals surface area contributed by atoms with Gasteiger partial charge in [-0.05, 0) is 45.8 Å². The number of benzene rings is 4. The number of hydrogen-bond donors (Lipinski definition) is 0. The zero-order chi connectivity index (χ0) is 39.5. The molecule has 2 aromatic heterocycles. The summed E-state index contributed by atoms with van der Waals surface area (Å²) in [6, 6.07) is 25.5. The summed E-state index contributed by atoms with van der Waals surface area (Å²) in [5.41, 5.74) is 2.80. The molecule has 0 radical (unpaired) electrons. The van der Waals surface area contributed by atoms with Crippen molar-refractivity contribution in [1.29, 1.82) is 0 Å². The van der Waals surface area contributed by atoms with E-state index in [2.05, 4.69) is 16.4 Å². The van der Waals surface area contributed by atoms with E-state index in [-0.39, 0.29) is 18.9 Å². The zero-order valence-corrected chi connectivity index (χ0v) is 31.0. The predicted molar refractivity (Wildman–Crippen MR) is 203 cm³/mol. The van der Waals surface area contributed by atoms with Crippen LogP contribution in [0.2, 0.25) is 0 Å². The van der Waals surface area contributed by atoms with E-state index >= 15 is 0 Å². The SMILES string of the molecule is CC(=O)OC[C@H]1O[C@@H](n2cc(Cn3cc(/C=C/C(=O)c4c5ccccc5cc5ccccc45)c4ccccc43)nn2)[C@H](OC(C)=O)[C@@H](OC(C)=O)[C@@H]1OC(C)=O. The third kappa shape index (κ3) is 7.91. The van der Waals surface area contributed by atoms with Gasteiger partial charge in [0.2, 0.25) is 0 Å². The Balaban J connectivity index is 1.20. The number of nitrogens with zero attached hydrogens (tertiary/aromatic N) is 4. The van der Waals surface area contributed by atoms with Gasteiger partial charge in [0, 0.05) is 55.9 Å². The van der Waals surface area contributed by atoms with E-state index in [1.807, 2.05) is 89.6 Å². The van der Waals surface area contributed by atoms with Crippen LogP contribution in [0.3, 0.4) is 0 Å². The van der Waals surface area contributed by atoms with E-state index in [4.69, 9.17) is 23.7 Å². The summed E-state index contributed by atoms with van der Waals surface area (Å²) in [4.78, 5) is 62.4. The van der Waals surface area contributed by atoms with Gasteiger partial charge in [0.05, 0.1) is 12.7 Å². The van der Waals surface area contributed by atoms with Gasteiger partial charge in [-0.25, -0.2) is 4.68 Å². The Morgan fingerprint density at radius 3 is 1.95 bits per heavy atom. The number of allylic oxidation sites excluding steroid dienone is 1. The zero-order valence-electron chi connectivity index (χ0n) is 31.0. The number of para-hydroxylation sites is 1. The molecule has 0 saturated carbocycles. The third-order valence-corrected chi connectivity index (χ3v) is 9.37. The molecule has 0 amide bonds. The fraction of sp³-hybridized carbons (Fsp3) is 0.262. The quantitative estimate of drug-likeness (QED) is 0.0518. The van der Waals surface area contributed by atoms with Crippen molar-refractivity contribution in [2.24, 2.45) is 0 Å². The van der Waals surface area contributed by atoms with E-state index in [9.17, 15) is 24.0 Å². The molecule has 5 atom stereocenters. The normalized spacial score (nSPS) is 19.6. The number of fused-ring (bicyclic) bond motifs is 3. The molecule has 6 aromatic rings. The van der Waals surface area contributed by atoms with Crippen LogP contribution in [-0.2, 0) is 49.4 Å². The highest BCUT2D eigenvalue weighted by Crippen LogP contribution is 2.35. The smallest absolute Gasteiger partial charge is 0.303 e. The van der Waals surface area contributed by atoms with Gasteiger partial charge >= 0.3 is 23.9 Å². The fourth-order valence-electron chi connectivity index (χ4n) is 7.17. The lowest BCUT2D eigenvalue weighted by atomic mass is 9.94. The van der Waals surface area contributed by atoms with Gasteiger partial charge in [-0.2, -0.15) is 0 Å². The second kappa shape index (κ2) is 16.0. The Labute approximate surface area is 320 Å². The van der Waals surface area contributed by atoms with Crippen LogP contribution >= 0.6 is 0 Å². The molecule has 1 fully saturated rings. The molecule has 0 spiro atoms. The average Bonchev–Trinajstić information content (AvgIpc) is 3.77. The van der Waals surface area contributed by atoms with E-state index in [0.29, 0.717) is 11.3 Å². The van der Waals surface area contributed by atoms with E-state index in [1.54, 1.807) is 12.3 Å². The minimum Gasteiger partial charge on any atom is -0.463 e. The summed E-state index contributed by atoms with van der Waals surface area (Å²) in [5.74, 6) is -2.95. The van der Waals surface area contributed by atoms with Gasteiger partial charge in [-0.15, -0.1) is 5.10 Å². The molecule has 0 bridgehead atoms. The summed E-state index contributed by atoms with van der Waals surface area (Å²) in [5, 5.41) is 13.3. The highest BCUT2D eigenvalue weighted by atomic mass is 16.7. The second-order valence-electron chi connectivity index (χ2n) is 13.4. The van der Waals surface area contributed by atoms with E-state index < -0.39 is 54.5 Å². The maximum Gasteiger partial charge on any atom is 0.303 e. The largest absolute Gasteiger partial charge is 0.463 e. The molecular weight excluding hydrogens is 720 g/mol. The van der Waals surface area contributed by atoms with Gasteiger partial charge in [0.15, 0.2) is 30.3 Å². The predicted octanol–water partition coefficient (Wildman–Crippen LogP) is 5.74. The lowest BCUT2D eigenvalue weighted by Crippen LogP contribution is -2.60. The summed E-state index contributed by atoms with van der Waals surface area (Å²) in [7, 11) is 0. The topological polar surface area (TPSA) is 167 Å². The standard InChI is InChI=1S/C42H38N4O10/c1-24(47)52-23-37-39(53-25(2)48)40(54-26(3)49)41(55-27(4)50)42(56-37)46-22-31(43-44-46)21-45-20-30(32-13-9-10-16-35(32)45)17-18-36(51)38-33-14-7-5-11-28(33)19-29-12-6-8-15-34(29)38/h5-20,22,37,39-42H,21,23H2,1-4H3/b18-17+/t37-,39-,40+,41-,42-/m1/s1. The molecule has 1 saturated heterocycles. The van der Waals surface area contributed by atoms with Gasteiger partial charge in [0.25, 0.3) is 0 Å². The van der Waals surface area contributed by atoms with Crippen LogP contribution in [0.4, 0.5) is 0 Å². The fourth-order valence-corrected chi connectivity index (χ4v) is 7.17. The molecule has 3 heterocycles. The van der Waals surface area contributed by atoms with Crippen molar-refractivity contribution in [3.63, 3.8) is 0 Å². The molecule has 0 unspecified atom stereocenters. The molecule has 0 aliphatic carbocycles. The van der Waals surface area contributed by atoms with Crippen molar-refractivity contribution in [3.05, 3.63) is 114 Å². The molecule has 1 aliphatic rings. The molecule has 1 aliphatic heterocycles. The molecule has 7 rings (SSSR count). The Bertz CT molecular complexity index is 2470. The van der Waals surface area contributed by atoms with Crippen LogP contribution in [0.5, 0.6) is 0 Å². The van der Waals surface area contributed by atoms with Crippen molar-refractivity contribution in [2.45, 2.75) is 64.9 Å². The summed E-state index contributed by atoms with van der Waals surface area (Å²) < 4.78 is 31.3. The van der Waals surface area contributed by atoms with Gasteiger partial charge in [0.1, 0.15) is 18.4 Å². The average molecular weight is 759 g/mol. The monoisotopic (exact) mass is 758 g/mol. The van der Waals surface area contributed by atoms with Crippen LogP contribution in [0.25, 0.3) is 38.5 Å². The van der Waals surface area contributed by atoms with E-state index in [1.165, 1.54) is 18.5 Å². The molecule has 56 heavy (non-hydrogen) atoms. The number of ether oxygens (including phenoxy) is 5. The van der Waals surface area contributed by atoms with Gasteiger partial charge < -0.3 is 28.3 Å². The molecule has 0 N–H and O–H groups in total. The van der Waals surface area contributed by atoms with Crippen LogP contribution < -0.4 is 0 Å². The van der Waals surface area contributed by atoms with Gasteiger partial charge in [-0.1, -0.05) is 71.9 Å². The summed E-state index contributed by atoms with van der Waals surface area (Å²) in [6.07, 6.45) is 0.524. The number of hydrogen-bond acceptors (Lipinski definition) is 12. The Kier molecular flexibility index (Phi) is 10.7. The highest BCUT2D eigenvalue weighted by Gasteiger charge is 2.53. The lowest BCUT2D eigenvalue weighted by Gasteiger charge is -2.44. The summed E-state index contributed by atoms with van der Waals surface area (Å²) >= 11 is 0. The maximum absolute atomic E-state index is 13.9. The van der Waals surface area contributed by atoms with Crippen molar-refractivity contribution < 1.29 is 47.7 Å². The lowest BCUT2D eigenvalue weighted by molar-refractivity contribution is -0.270. The minimum atomic E-state index is -1.36. The first-order chi connectivity index (χ1) is 27.0. The van der Waals surface area contributed by atoms with Gasteiger partial charge in [-0.3, -0.25) is 24.0 Å². The number of esters is 4. The molecule has 14 heteroatoms. The first-order valence-electron chi connectivity index (χ1n) is 17.9. The third-order valence-electron chi connectivity index (χ3n) is 9.37. The molecule has 14 nitrogen and oxygen atoms in total. The second-order valence-corrected chi connectivity index (χ2v) is 13.4. The number of rotatable bonds is 11. The van der Waals surface area contributed by atoms with Crippen molar-refractivity contribution in [1.82, 2.24) is 19.6 Å². The van der Waals surface area contributed by atoms with E-state index in [0.717, 1.165) is 51.9 Å². The number of aromatic nitrogens is 4. The van der Waals surface area contributed by atoms with Crippen molar-refractivity contribution >= 4 is 68.2 Å². The van der Waals surface area contributed by atoms with Crippen molar-refractivity contribution in [2.75, 3.05) is 6.61 Å². The Morgan fingerprint density at radius 1 is 0.714 bits per heavy atom. The van der Waals surface area contributed by atoms with Crippen LogP contribution in [0, 0.1) is 0 Å². The molecule has 286 valence electrons. The van der Waals surface area contributed by atoms with Crippen LogP contribution in [0.15, 0.2) is 97.3 Å². The Morgan fingerprint density at radius 2 is 1.30 bits per heavy atom. The first-order valence-corrected chi connectivity index (χ1v) is 17.9. The first kappa shape index (κ1) is 37.6. The maximum atomic E-state index is 13.9. The molecule has 4 aromatic carbocycles. The highest BCUT2D eigenvalue weighted by molar-refractivity contribution is 6.23. The number of carbonyl (C=O) groups excluding carboxylic acids is 5. The Hall–Kier alpha value is -6.67. The van der Waals surface area contributed by atoms with Crippen LogP contribution in [-0.4, -0.2) is 80.2 Å². The summed E-state index contributed by atoms with van der Waals surface area (Å²) in [6.45, 7) is 4.54. The number of ketones is 1. The molecular formula is C42H38N4O10.